The van der Waals surface area contributed by atoms with Gasteiger partial charge in [-0.3, -0.25) is 0 Å². The second kappa shape index (κ2) is 5.85. The second-order valence-electron chi connectivity index (χ2n) is 3.81. The van der Waals surface area contributed by atoms with E-state index < -0.39 is 0 Å². The Bertz CT molecular complexity index is 543. The van der Waals surface area contributed by atoms with Crippen molar-refractivity contribution < 1.29 is 0 Å². The summed E-state index contributed by atoms with van der Waals surface area (Å²) in [5.41, 5.74) is 2.42. The van der Waals surface area contributed by atoms with Crippen molar-refractivity contribution in [3.05, 3.63) is 51.9 Å². The molecule has 1 aromatic carbocycles. The quantitative estimate of drug-likeness (QED) is 0.619. The molecule has 2 rings (SSSR count). The van der Waals surface area contributed by atoms with Crippen molar-refractivity contribution in [2.24, 2.45) is 0 Å². The third-order valence-corrected chi connectivity index (χ3v) is 4.65. The molecule has 0 nitrogen and oxygen atoms in total. The standard InChI is InChI=1S/C14H12BrClS/c1-10(9-15)8-11-6-7-14(17-11)12-4-2-3-5-13(12)16/h2-8H,9H2,1H3. The van der Waals surface area contributed by atoms with E-state index in [1.165, 1.54) is 15.3 Å². The topological polar surface area (TPSA) is 0 Å². The molecule has 0 unspecified atom stereocenters. The average molecular weight is 328 g/mol. The van der Waals surface area contributed by atoms with Gasteiger partial charge in [0.2, 0.25) is 0 Å². The van der Waals surface area contributed by atoms with Gasteiger partial charge < -0.3 is 0 Å². The van der Waals surface area contributed by atoms with Crippen LogP contribution in [0.5, 0.6) is 0 Å². The molecule has 0 saturated carbocycles. The van der Waals surface area contributed by atoms with Crippen molar-refractivity contribution in [1.82, 2.24) is 0 Å². The number of thiophene rings is 1. The molecule has 88 valence electrons. The molecule has 0 spiro atoms. The van der Waals surface area contributed by atoms with Crippen LogP contribution in [-0.4, -0.2) is 5.33 Å². The van der Waals surface area contributed by atoms with Crippen LogP contribution in [0.1, 0.15) is 11.8 Å². The maximum absolute atomic E-state index is 6.18. The SMILES string of the molecule is CC(=Cc1ccc(-c2ccccc2Cl)s1)CBr. The van der Waals surface area contributed by atoms with Gasteiger partial charge in [0.15, 0.2) is 0 Å². The van der Waals surface area contributed by atoms with Gasteiger partial charge in [-0.05, 0) is 31.2 Å². The van der Waals surface area contributed by atoms with Gasteiger partial charge in [0, 0.05) is 25.7 Å². The predicted molar refractivity (Wildman–Crippen MR) is 82.2 cm³/mol. The Labute approximate surface area is 119 Å². The van der Waals surface area contributed by atoms with Crippen LogP contribution in [-0.2, 0) is 0 Å². The molecule has 1 heterocycles. The van der Waals surface area contributed by atoms with Crippen molar-refractivity contribution in [2.45, 2.75) is 6.92 Å². The summed E-state index contributed by atoms with van der Waals surface area (Å²) in [6.07, 6.45) is 2.19. The highest BCUT2D eigenvalue weighted by Gasteiger charge is 2.05. The van der Waals surface area contributed by atoms with Crippen molar-refractivity contribution in [1.29, 1.82) is 0 Å². The van der Waals surface area contributed by atoms with E-state index in [-0.39, 0.29) is 0 Å². The molecule has 0 fully saturated rings. The minimum Gasteiger partial charge on any atom is -0.136 e. The van der Waals surface area contributed by atoms with Gasteiger partial charge in [-0.15, -0.1) is 11.3 Å². The van der Waals surface area contributed by atoms with Crippen molar-refractivity contribution in [2.75, 3.05) is 5.33 Å². The Hall–Kier alpha value is -0.570. The van der Waals surface area contributed by atoms with Crippen LogP contribution in [0, 0.1) is 0 Å². The molecule has 0 aliphatic rings. The zero-order valence-electron chi connectivity index (χ0n) is 9.41. The third-order valence-electron chi connectivity index (χ3n) is 2.37. The minimum atomic E-state index is 0.807. The summed E-state index contributed by atoms with van der Waals surface area (Å²) in [4.78, 5) is 2.47. The molecule has 2 aromatic rings. The van der Waals surface area contributed by atoms with E-state index in [1.807, 2.05) is 18.2 Å². The number of alkyl halides is 1. The van der Waals surface area contributed by atoms with Crippen molar-refractivity contribution >= 4 is 44.9 Å². The summed E-state index contributed by atoms with van der Waals surface area (Å²) in [6, 6.07) is 12.2. The summed E-state index contributed by atoms with van der Waals surface area (Å²) >= 11 is 11.4. The van der Waals surface area contributed by atoms with E-state index >= 15 is 0 Å². The number of halogens is 2. The van der Waals surface area contributed by atoms with Crippen LogP contribution in [0.3, 0.4) is 0 Å². The molecule has 0 saturated heterocycles. The lowest BCUT2D eigenvalue weighted by molar-refractivity contribution is 1.46. The smallest absolute Gasteiger partial charge is 0.0492 e. The van der Waals surface area contributed by atoms with Gasteiger partial charge in [-0.25, -0.2) is 0 Å². The van der Waals surface area contributed by atoms with Gasteiger partial charge in [-0.1, -0.05) is 51.3 Å². The number of hydrogen-bond donors (Lipinski definition) is 0. The van der Waals surface area contributed by atoms with Crippen LogP contribution in [0.2, 0.25) is 5.02 Å². The second-order valence-corrected chi connectivity index (χ2v) is 5.89. The fraction of sp³-hybridized carbons (Fsp3) is 0.143. The molecule has 0 bridgehead atoms. The predicted octanol–water partition coefficient (Wildman–Crippen LogP) is 5.87. The fourth-order valence-electron chi connectivity index (χ4n) is 1.52. The van der Waals surface area contributed by atoms with Crippen LogP contribution in [0.25, 0.3) is 16.5 Å². The molecule has 0 amide bonds. The Balaban J connectivity index is 2.34. The van der Waals surface area contributed by atoms with Crippen LogP contribution in [0.15, 0.2) is 42.0 Å². The Kier molecular flexibility index (Phi) is 4.43. The minimum absolute atomic E-state index is 0.807. The Morgan fingerprint density at radius 3 is 2.76 bits per heavy atom. The third kappa shape index (κ3) is 3.21. The summed E-state index contributed by atoms with van der Waals surface area (Å²) in [5.74, 6) is 0. The molecule has 1 aromatic heterocycles. The normalized spacial score (nSPS) is 11.8. The molecule has 0 atom stereocenters. The van der Waals surface area contributed by atoms with Crippen LogP contribution < -0.4 is 0 Å². The van der Waals surface area contributed by atoms with E-state index in [0.717, 1.165) is 15.9 Å². The van der Waals surface area contributed by atoms with E-state index in [9.17, 15) is 0 Å². The van der Waals surface area contributed by atoms with Gasteiger partial charge in [-0.2, -0.15) is 0 Å². The monoisotopic (exact) mass is 326 g/mol. The first-order chi connectivity index (χ1) is 8.20. The van der Waals surface area contributed by atoms with E-state index in [1.54, 1.807) is 11.3 Å². The highest BCUT2D eigenvalue weighted by Crippen LogP contribution is 2.33. The summed E-state index contributed by atoms with van der Waals surface area (Å²) in [6.45, 7) is 2.11. The van der Waals surface area contributed by atoms with Gasteiger partial charge in [0.05, 0.1) is 0 Å². The average Bonchev–Trinajstić information content (AvgIpc) is 2.78. The number of hydrogen-bond acceptors (Lipinski definition) is 1. The lowest BCUT2D eigenvalue weighted by Crippen LogP contribution is -1.73. The Morgan fingerprint density at radius 2 is 2.06 bits per heavy atom. The molecule has 3 heteroatoms. The lowest BCUT2D eigenvalue weighted by Gasteiger charge is -1.99. The van der Waals surface area contributed by atoms with E-state index in [4.69, 9.17) is 11.6 Å². The van der Waals surface area contributed by atoms with Gasteiger partial charge in [0.1, 0.15) is 0 Å². The lowest BCUT2D eigenvalue weighted by atomic mass is 10.2. The first-order valence-electron chi connectivity index (χ1n) is 5.28. The molecule has 0 aliphatic carbocycles. The molecule has 17 heavy (non-hydrogen) atoms. The highest BCUT2D eigenvalue weighted by molar-refractivity contribution is 9.09. The molecular formula is C14H12BrClS. The Morgan fingerprint density at radius 1 is 1.29 bits per heavy atom. The highest BCUT2D eigenvalue weighted by atomic mass is 79.9. The first kappa shape index (κ1) is 12.9. The zero-order chi connectivity index (χ0) is 12.3. The van der Waals surface area contributed by atoms with Crippen molar-refractivity contribution in [3.63, 3.8) is 0 Å². The summed E-state index contributed by atoms with van der Waals surface area (Å²) < 4.78 is 0. The van der Waals surface area contributed by atoms with Crippen LogP contribution >= 0.6 is 38.9 Å². The molecule has 0 radical (unpaired) electrons. The summed E-state index contributed by atoms with van der Waals surface area (Å²) in [7, 11) is 0. The van der Waals surface area contributed by atoms with Gasteiger partial charge >= 0.3 is 0 Å². The van der Waals surface area contributed by atoms with E-state index in [2.05, 4.69) is 47.1 Å². The molecule has 0 aliphatic heterocycles. The maximum Gasteiger partial charge on any atom is 0.0492 e. The number of benzene rings is 1. The number of rotatable bonds is 3. The molecule has 0 N–H and O–H groups in total. The van der Waals surface area contributed by atoms with Crippen LogP contribution in [0.4, 0.5) is 0 Å². The van der Waals surface area contributed by atoms with Crippen molar-refractivity contribution in [3.8, 4) is 10.4 Å². The maximum atomic E-state index is 6.18. The van der Waals surface area contributed by atoms with Gasteiger partial charge in [0.25, 0.3) is 0 Å². The fourth-order valence-corrected chi connectivity index (χ4v) is 3.05. The van der Waals surface area contributed by atoms with E-state index in [0.29, 0.717) is 0 Å². The first-order valence-corrected chi connectivity index (χ1v) is 7.60. The number of allylic oxidation sites excluding steroid dienone is 1. The zero-order valence-corrected chi connectivity index (χ0v) is 12.6. The summed E-state index contributed by atoms with van der Waals surface area (Å²) in [5, 5.41) is 1.72. The molecular weight excluding hydrogens is 316 g/mol. The largest absolute Gasteiger partial charge is 0.136 e.